The van der Waals surface area contributed by atoms with Gasteiger partial charge in [-0.1, -0.05) is 253 Å². The van der Waals surface area contributed by atoms with E-state index in [1.165, 1.54) is 180 Å². The molecule has 1 atom stereocenters. The lowest BCUT2D eigenvalue weighted by atomic mass is 10.0. The molecule has 0 bridgehead atoms. The molecule has 350 valence electrons. The number of unbranched alkanes of at least 4 members (excludes halogenated alkanes) is 32. The molecule has 0 amide bonds. The molecule has 0 saturated heterocycles. The van der Waals surface area contributed by atoms with Crippen molar-refractivity contribution >= 4 is 17.9 Å². The number of carbonyl (C=O) groups excluding carboxylic acids is 3. The van der Waals surface area contributed by atoms with E-state index in [1.807, 2.05) is 0 Å². The van der Waals surface area contributed by atoms with Crippen LogP contribution in [0.1, 0.15) is 291 Å². The van der Waals surface area contributed by atoms with Crippen LogP contribution in [0, 0.1) is 11.8 Å². The maximum absolute atomic E-state index is 12.7. The summed E-state index contributed by atoms with van der Waals surface area (Å²) in [4.78, 5) is 37.9. The Hall–Kier alpha value is -1.59. The van der Waals surface area contributed by atoms with Gasteiger partial charge >= 0.3 is 17.9 Å². The molecule has 0 N–H and O–H groups in total. The minimum Gasteiger partial charge on any atom is -0.462 e. The van der Waals surface area contributed by atoms with Crippen molar-refractivity contribution in [3.8, 4) is 0 Å². The normalized spacial score (nSPS) is 12.1. The number of hydrogen-bond acceptors (Lipinski definition) is 6. The summed E-state index contributed by atoms with van der Waals surface area (Å²) in [5.74, 6) is 0.812. The molecule has 0 aliphatic carbocycles. The first-order chi connectivity index (χ1) is 28.7. The number of ether oxygens (including phenoxy) is 3. The maximum Gasteiger partial charge on any atom is 0.306 e. The molecule has 0 unspecified atom stereocenters. The third-order valence-electron chi connectivity index (χ3n) is 12.0. The molecule has 0 aliphatic heterocycles. The van der Waals surface area contributed by atoms with Crippen LogP contribution in [0.5, 0.6) is 0 Å². The summed E-state index contributed by atoms with van der Waals surface area (Å²) in [6.45, 7) is 11.4. The van der Waals surface area contributed by atoms with Crippen molar-refractivity contribution in [2.24, 2.45) is 11.8 Å². The van der Waals surface area contributed by atoms with Crippen molar-refractivity contribution in [2.75, 3.05) is 13.2 Å². The SMILES string of the molecule is CCCCCCCCCCCCC(=O)O[C@H](COC(=O)CCCCCCCCCCCCCCCCCCC(C)C)COC(=O)CCCCCCCCCCCC(C)C. The Morgan fingerprint density at radius 2 is 0.559 bits per heavy atom. The predicted octanol–water partition coefficient (Wildman–Crippen LogP) is 16.9. The van der Waals surface area contributed by atoms with E-state index >= 15 is 0 Å². The van der Waals surface area contributed by atoms with Gasteiger partial charge in [-0.25, -0.2) is 0 Å². The van der Waals surface area contributed by atoms with Gasteiger partial charge < -0.3 is 14.2 Å². The van der Waals surface area contributed by atoms with Crippen LogP contribution in [-0.4, -0.2) is 37.2 Å². The molecule has 0 heterocycles. The Kier molecular flexibility index (Phi) is 44.7. The second-order valence-electron chi connectivity index (χ2n) is 19.1. The smallest absolute Gasteiger partial charge is 0.306 e. The van der Waals surface area contributed by atoms with Crippen molar-refractivity contribution in [1.29, 1.82) is 0 Å². The van der Waals surface area contributed by atoms with Gasteiger partial charge in [0, 0.05) is 19.3 Å². The minimum atomic E-state index is -0.761. The number of hydrogen-bond donors (Lipinski definition) is 0. The Morgan fingerprint density at radius 1 is 0.322 bits per heavy atom. The van der Waals surface area contributed by atoms with Crippen LogP contribution >= 0.6 is 0 Å². The van der Waals surface area contributed by atoms with E-state index in [9.17, 15) is 14.4 Å². The van der Waals surface area contributed by atoms with Crippen LogP contribution in [0.25, 0.3) is 0 Å². The maximum atomic E-state index is 12.7. The monoisotopic (exact) mass is 835 g/mol. The van der Waals surface area contributed by atoms with E-state index in [0.717, 1.165) is 69.6 Å². The molecule has 0 aromatic rings. The summed E-state index contributed by atoms with van der Waals surface area (Å²) in [6.07, 6.45) is 46.7. The van der Waals surface area contributed by atoms with Gasteiger partial charge in [0.2, 0.25) is 0 Å². The molecule has 0 fully saturated rings. The number of esters is 3. The molecular weight excluding hydrogens is 733 g/mol. The molecule has 0 aliphatic rings. The molecule has 0 radical (unpaired) electrons. The number of rotatable bonds is 47. The van der Waals surface area contributed by atoms with Crippen molar-refractivity contribution in [2.45, 2.75) is 298 Å². The van der Waals surface area contributed by atoms with Gasteiger partial charge in [0.05, 0.1) is 0 Å². The fourth-order valence-corrected chi connectivity index (χ4v) is 7.99. The van der Waals surface area contributed by atoms with Crippen LogP contribution in [0.15, 0.2) is 0 Å². The predicted molar refractivity (Wildman–Crippen MR) is 252 cm³/mol. The second kappa shape index (κ2) is 45.9. The molecule has 0 aromatic carbocycles. The summed E-state index contributed by atoms with van der Waals surface area (Å²) in [7, 11) is 0. The highest BCUT2D eigenvalue weighted by molar-refractivity contribution is 5.71. The lowest BCUT2D eigenvalue weighted by Gasteiger charge is -2.18. The first-order valence-electron chi connectivity index (χ1n) is 26.2. The zero-order chi connectivity index (χ0) is 43.3. The largest absolute Gasteiger partial charge is 0.462 e. The van der Waals surface area contributed by atoms with Gasteiger partial charge in [0.1, 0.15) is 13.2 Å². The summed E-state index contributed by atoms with van der Waals surface area (Å²) in [6, 6.07) is 0. The number of carbonyl (C=O) groups is 3. The third kappa shape index (κ3) is 47.3. The third-order valence-corrected chi connectivity index (χ3v) is 12.0. The molecule has 0 aromatic heterocycles. The topological polar surface area (TPSA) is 78.9 Å². The van der Waals surface area contributed by atoms with Gasteiger partial charge in [-0.3, -0.25) is 14.4 Å². The van der Waals surface area contributed by atoms with E-state index in [1.54, 1.807) is 0 Å². The quantitative estimate of drug-likeness (QED) is 0.0345. The molecule has 0 spiro atoms. The Balaban J connectivity index is 4.22. The second-order valence-corrected chi connectivity index (χ2v) is 19.1. The highest BCUT2D eigenvalue weighted by Crippen LogP contribution is 2.17. The highest BCUT2D eigenvalue weighted by atomic mass is 16.6. The molecule has 6 nitrogen and oxygen atoms in total. The highest BCUT2D eigenvalue weighted by Gasteiger charge is 2.19. The fourth-order valence-electron chi connectivity index (χ4n) is 7.99. The first-order valence-corrected chi connectivity index (χ1v) is 26.2. The standard InChI is InChI=1S/C53H102O6/c1-6-7-8-9-10-11-23-30-35-40-45-53(56)59-50(47-58-52(55)44-39-34-29-25-20-22-27-32-37-42-49(4)5)46-57-51(54)43-38-33-28-24-19-17-15-13-12-14-16-18-21-26-31-36-41-48(2)3/h48-50H,6-47H2,1-5H3/t50-/m1/s1. The molecule has 0 rings (SSSR count). The van der Waals surface area contributed by atoms with Crippen LogP contribution in [0.2, 0.25) is 0 Å². The van der Waals surface area contributed by atoms with E-state index in [4.69, 9.17) is 14.2 Å². The zero-order valence-corrected chi connectivity index (χ0v) is 40.4. The lowest BCUT2D eigenvalue weighted by molar-refractivity contribution is -0.167. The Labute approximate surface area is 368 Å². The van der Waals surface area contributed by atoms with Crippen LogP contribution in [0.3, 0.4) is 0 Å². The average Bonchev–Trinajstić information content (AvgIpc) is 3.20. The van der Waals surface area contributed by atoms with Crippen LogP contribution in [-0.2, 0) is 28.6 Å². The Morgan fingerprint density at radius 3 is 0.831 bits per heavy atom. The van der Waals surface area contributed by atoms with Crippen LogP contribution in [0.4, 0.5) is 0 Å². The zero-order valence-electron chi connectivity index (χ0n) is 40.4. The fraction of sp³-hybridized carbons (Fsp3) is 0.943. The first kappa shape index (κ1) is 57.4. The minimum absolute atomic E-state index is 0.0637. The van der Waals surface area contributed by atoms with E-state index in [0.29, 0.717) is 19.3 Å². The summed E-state index contributed by atoms with van der Waals surface area (Å²) in [5.41, 5.74) is 0. The van der Waals surface area contributed by atoms with Crippen LogP contribution < -0.4 is 0 Å². The van der Waals surface area contributed by atoms with E-state index in [-0.39, 0.29) is 31.1 Å². The summed E-state index contributed by atoms with van der Waals surface area (Å²) < 4.78 is 16.8. The Bertz CT molecular complexity index is 900. The van der Waals surface area contributed by atoms with Gasteiger partial charge in [-0.2, -0.15) is 0 Å². The molecule has 59 heavy (non-hydrogen) atoms. The summed E-state index contributed by atoms with van der Waals surface area (Å²) >= 11 is 0. The van der Waals surface area contributed by atoms with E-state index < -0.39 is 6.10 Å². The van der Waals surface area contributed by atoms with Crippen molar-refractivity contribution in [3.05, 3.63) is 0 Å². The van der Waals surface area contributed by atoms with Gasteiger partial charge in [0.25, 0.3) is 0 Å². The lowest BCUT2D eigenvalue weighted by Crippen LogP contribution is -2.30. The van der Waals surface area contributed by atoms with Crippen molar-refractivity contribution in [1.82, 2.24) is 0 Å². The van der Waals surface area contributed by atoms with Crippen molar-refractivity contribution in [3.63, 3.8) is 0 Å². The van der Waals surface area contributed by atoms with E-state index in [2.05, 4.69) is 34.6 Å². The molecule has 6 heteroatoms. The van der Waals surface area contributed by atoms with Gasteiger partial charge in [-0.15, -0.1) is 0 Å². The van der Waals surface area contributed by atoms with Crippen molar-refractivity contribution < 1.29 is 28.6 Å². The molecule has 0 saturated carbocycles. The average molecular weight is 835 g/mol. The van der Waals surface area contributed by atoms with Gasteiger partial charge in [0.15, 0.2) is 6.10 Å². The van der Waals surface area contributed by atoms with Gasteiger partial charge in [-0.05, 0) is 31.1 Å². The molecular formula is C53H102O6. The summed E-state index contributed by atoms with van der Waals surface area (Å²) in [5, 5.41) is 0.